The fourth-order valence-electron chi connectivity index (χ4n) is 1.61. The number of sulfone groups is 1. The van der Waals surface area contributed by atoms with Gasteiger partial charge < -0.3 is 9.52 Å². The Morgan fingerprint density at radius 3 is 2.67 bits per heavy atom. The number of rotatable bonds is 1. The normalized spacial score (nSPS) is 19.2. The highest BCUT2D eigenvalue weighted by Crippen LogP contribution is 2.21. The van der Waals surface area contributed by atoms with Gasteiger partial charge in [0.15, 0.2) is 9.84 Å². The van der Waals surface area contributed by atoms with Gasteiger partial charge in [-0.25, -0.2) is 13.2 Å². The summed E-state index contributed by atoms with van der Waals surface area (Å²) in [5, 5.41) is 8.70. The van der Waals surface area contributed by atoms with Gasteiger partial charge >= 0.3 is 5.97 Å². The lowest BCUT2D eigenvalue weighted by atomic mass is 10.1. The van der Waals surface area contributed by atoms with E-state index in [0.717, 1.165) is 0 Å². The zero-order valence-electron chi connectivity index (χ0n) is 7.89. The van der Waals surface area contributed by atoms with Gasteiger partial charge in [-0.3, -0.25) is 0 Å². The molecule has 1 aromatic heterocycles. The zero-order chi connectivity index (χ0) is 11.1. The van der Waals surface area contributed by atoms with E-state index in [1.807, 2.05) is 0 Å². The summed E-state index contributed by atoms with van der Waals surface area (Å²) in [5.41, 5.74) is 0.702. The standard InChI is InChI=1S/C9H10O5S/c10-9(11)8-5-6-1-3-15(12,13)4-2-7(6)14-8/h5H,1-4H2,(H,10,11). The van der Waals surface area contributed by atoms with Gasteiger partial charge in [0.05, 0.1) is 11.5 Å². The maximum Gasteiger partial charge on any atom is 0.371 e. The number of carboxylic acid groups (broad SMARTS) is 1. The summed E-state index contributed by atoms with van der Waals surface area (Å²) >= 11 is 0. The Balaban J connectivity index is 2.34. The number of furan rings is 1. The smallest absolute Gasteiger partial charge is 0.371 e. The van der Waals surface area contributed by atoms with Crippen LogP contribution in [0, 0.1) is 0 Å². The molecule has 1 aliphatic heterocycles. The minimum atomic E-state index is -3.00. The molecule has 0 atom stereocenters. The summed E-state index contributed by atoms with van der Waals surface area (Å²) in [5.74, 6) is -0.635. The van der Waals surface area contributed by atoms with Crippen molar-refractivity contribution in [3.63, 3.8) is 0 Å². The molecule has 2 rings (SSSR count). The Morgan fingerprint density at radius 2 is 2.00 bits per heavy atom. The van der Waals surface area contributed by atoms with Gasteiger partial charge in [-0.2, -0.15) is 0 Å². The third-order valence-electron chi connectivity index (χ3n) is 2.43. The second-order valence-electron chi connectivity index (χ2n) is 3.52. The van der Waals surface area contributed by atoms with Gasteiger partial charge in [0.2, 0.25) is 5.76 Å². The van der Waals surface area contributed by atoms with Crippen LogP contribution in [0.25, 0.3) is 0 Å². The van der Waals surface area contributed by atoms with Gasteiger partial charge in [-0.15, -0.1) is 0 Å². The summed E-state index contributed by atoms with van der Waals surface area (Å²) in [7, 11) is -3.00. The number of hydrogen-bond donors (Lipinski definition) is 1. The van der Waals surface area contributed by atoms with Crippen LogP contribution in [0.5, 0.6) is 0 Å². The predicted molar refractivity (Wildman–Crippen MR) is 51.7 cm³/mol. The third kappa shape index (κ3) is 2.04. The quantitative estimate of drug-likeness (QED) is 0.759. The monoisotopic (exact) mass is 230 g/mol. The van der Waals surface area contributed by atoms with Crippen LogP contribution < -0.4 is 0 Å². The highest BCUT2D eigenvalue weighted by Gasteiger charge is 2.23. The van der Waals surface area contributed by atoms with Gasteiger partial charge in [0.1, 0.15) is 5.76 Å². The first kappa shape index (κ1) is 10.2. The maximum absolute atomic E-state index is 11.3. The fraction of sp³-hybridized carbons (Fsp3) is 0.444. The second kappa shape index (κ2) is 3.37. The lowest BCUT2D eigenvalue weighted by Gasteiger charge is -1.95. The molecule has 2 heterocycles. The molecular weight excluding hydrogens is 220 g/mol. The number of aromatic carboxylic acids is 1. The van der Waals surface area contributed by atoms with Gasteiger partial charge in [-0.1, -0.05) is 0 Å². The second-order valence-corrected chi connectivity index (χ2v) is 5.82. The van der Waals surface area contributed by atoms with E-state index in [9.17, 15) is 13.2 Å². The maximum atomic E-state index is 11.3. The van der Waals surface area contributed by atoms with E-state index in [0.29, 0.717) is 17.7 Å². The Morgan fingerprint density at radius 1 is 1.33 bits per heavy atom. The molecule has 0 fully saturated rings. The molecule has 15 heavy (non-hydrogen) atoms. The third-order valence-corrected chi connectivity index (χ3v) is 4.08. The Kier molecular flexibility index (Phi) is 2.30. The van der Waals surface area contributed by atoms with E-state index in [1.54, 1.807) is 0 Å². The van der Waals surface area contributed by atoms with Crippen LogP contribution in [0.1, 0.15) is 21.9 Å². The zero-order valence-corrected chi connectivity index (χ0v) is 8.71. The van der Waals surface area contributed by atoms with Crippen molar-refractivity contribution < 1.29 is 22.7 Å². The molecule has 0 saturated heterocycles. The number of carboxylic acids is 1. The molecule has 0 bridgehead atoms. The summed E-state index contributed by atoms with van der Waals surface area (Å²) in [6.07, 6.45) is 0.611. The lowest BCUT2D eigenvalue weighted by Crippen LogP contribution is -2.10. The molecule has 1 aromatic rings. The summed E-state index contributed by atoms with van der Waals surface area (Å²) in [4.78, 5) is 10.6. The van der Waals surface area contributed by atoms with E-state index in [1.165, 1.54) is 6.07 Å². The number of aryl methyl sites for hydroxylation is 2. The molecule has 0 aliphatic carbocycles. The summed E-state index contributed by atoms with van der Waals surface area (Å²) < 4.78 is 27.7. The highest BCUT2D eigenvalue weighted by molar-refractivity contribution is 7.91. The minimum Gasteiger partial charge on any atom is -0.475 e. The molecule has 5 nitrogen and oxygen atoms in total. The van der Waals surface area contributed by atoms with Crippen LogP contribution in [0.3, 0.4) is 0 Å². The Bertz CT molecular complexity index is 465. The molecule has 0 unspecified atom stereocenters. The molecule has 1 N–H and O–H groups in total. The van der Waals surface area contributed by atoms with E-state index < -0.39 is 15.8 Å². The first-order valence-corrected chi connectivity index (χ1v) is 6.35. The van der Waals surface area contributed by atoms with E-state index >= 15 is 0 Å². The summed E-state index contributed by atoms with van der Waals surface area (Å²) in [6, 6.07) is 1.42. The van der Waals surface area contributed by atoms with Crippen molar-refractivity contribution in [1.29, 1.82) is 0 Å². The SMILES string of the molecule is O=C(O)c1cc2c(o1)CCS(=O)(=O)CC2. The van der Waals surface area contributed by atoms with Gasteiger partial charge in [0, 0.05) is 6.42 Å². The van der Waals surface area contributed by atoms with Crippen LogP contribution in [0.4, 0.5) is 0 Å². The van der Waals surface area contributed by atoms with Crippen molar-refractivity contribution in [3.8, 4) is 0 Å². The Labute approximate surface area is 86.6 Å². The van der Waals surface area contributed by atoms with Crippen LogP contribution in [-0.4, -0.2) is 31.0 Å². The first-order chi connectivity index (χ1) is 6.98. The average molecular weight is 230 g/mol. The van der Waals surface area contributed by atoms with Crippen LogP contribution in [0.2, 0.25) is 0 Å². The molecule has 82 valence electrons. The number of hydrogen-bond acceptors (Lipinski definition) is 4. The van der Waals surface area contributed by atoms with Crippen molar-refractivity contribution in [2.45, 2.75) is 12.8 Å². The topological polar surface area (TPSA) is 84.6 Å². The van der Waals surface area contributed by atoms with Gasteiger partial charge in [-0.05, 0) is 18.1 Å². The van der Waals surface area contributed by atoms with Crippen LogP contribution in [-0.2, 0) is 22.7 Å². The number of fused-ring (bicyclic) bond motifs is 1. The molecule has 1 aliphatic rings. The van der Waals surface area contributed by atoms with Crippen LogP contribution in [0.15, 0.2) is 10.5 Å². The molecule has 0 spiro atoms. The first-order valence-electron chi connectivity index (χ1n) is 4.53. The van der Waals surface area contributed by atoms with Crippen molar-refractivity contribution in [2.24, 2.45) is 0 Å². The molecule has 0 amide bonds. The van der Waals surface area contributed by atoms with Crippen molar-refractivity contribution >= 4 is 15.8 Å². The van der Waals surface area contributed by atoms with Gasteiger partial charge in [0.25, 0.3) is 0 Å². The molecule has 0 saturated carbocycles. The minimum absolute atomic E-state index is 0.0343. The molecular formula is C9H10O5S. The van der Waals surface area contributed by atoms with E-state index in [-0.39, 0.29) is 23.7 Å². The van der Waals surface area contributed by atoms with Crippen LogP contribution >= 0.6 is 0 Å². The van der Waals surface area contributed by atoms with Crippen molar-refractivity contribution in [2.75, 3.05) is 11.5 Å². The van der Waals surface area contributed by atoms with Crippen molar-refractivity contribution in [1.82, 2.24) is 0 Å². The molecule has 0 aromatic carbocycles. The lowest BCUT2D eigenvalue weighted by molar-refractivity contribution is 0.0660. The molecule has 0 radical (unpaired) electrons. The largest absolute Gasteiger partial charge is 0.475 e. The highest BCUT2D eigenvalue weighted by atomic mass is 32.2. The number of carbonyl (C=O) groups is 1. The van der Waals surface area contributed by atoms with Crippen molar-refractivity contribution in [3.05, 3.63) is 23.2 Å². The summed E-state index contributed by atoms with van der Waals surface area (Å²) in [6.45, 7) is 0. The molecule has 6 heteroatoms. The predicted octanol–water partition coefficient (Wildman–Crippen LogP) is 0.491. The fourth-order valence-corrected chi connectivity index (χ4v) is 2.84. The Hall–Kier alpha value is -1.30. The van der Waals surface area contributed by atoms with E-state index in [2.05, 4.69) is 0 Å². The average Bonchev–Trinajstić information content (AvgIpc) is 2.50. The van der Waals surface area contributed by atoms with E-state index in [4.69, 9.17) is 9.52 Å².